The number of rotatable bonds is 5. The Balaban J connectivity index is 2.41. The van der Waals surface area contributed by atoms with Gasteiger partial charge in [-0.1, -0.05) is 0 Å². The van der Waals surface area contributed by atoms with E-state index < -0.39 is 23.0 Å². The minimum Gasteiger partial charge on any atom is -0.481 e. The highest BCUT2D eigenvalue weighted by Crippen LogP contribution is 2.34. The summed E-state index contributed by atoms with van der Waals surface area (Å²) in [5.74, 6) is -2.75. The van der Waals surface area contributed by atoms with Crippen LogP contribution in [-0.2, 0) is 14.9 Å². The van der Waals surface area contributed by atoms with Crippen LogP contribution in [0.5, 0.6) is 0 Å². The Bertz CT molecular complexity index is 483. The second-order valence-electron chi connectivity index (χ2n) is 5.18. The fourth-order valence-corrected chi connectivity index (χ4v) is 2.68. The van der Waals surface area contributed by atoms with Gasteiger partial charge in [0.25, 0.3) is 0 Å². The zero-order chi connectivity index (χ0) is 14.8. The molecule has 4 nitrogen and oxygen atoms in total. The molecule has 0 radical (unpaired) electrons. The number of hydrogen-bond acceptors (Lipinski definition) is 3. The number of ether oxygens (including phenoxy) is 1. The van der Waals surface area contributed by atoms with E-state index in [1.54, 1.807) is 0 Å². The van der Waals surface area contributed by atoms with Crippen LogP contribution in [0.15, 0.2) is 18.2 Å². The van der Waals surface area contributed by atoms with Crippen molar-refractivity contribution in [3.05, 3.63) is 35.4 Å². The summed E-state index contributed by atoms with van der Waals surface area (Å²) in [6, 6.07) is 2.80. The molecule has 0 aliphatic carbocycles. The summed E-state index contributed by atoms with van der Waals surface area (Å²) in [5, 5.41) is 9.55. The number of carbonyl (C=O) groups is 1. The van der Waals surface area contributed by atoms with Gasteiger partial charge in [-0.05, 0) is 36.5 Å². The van der Waals surface area contributed by atoms with Crippen LogP contribution < -0.4 is 5.73 Å². The average Bonchev–Trinajstić information content (AvgIpc) is 2.87. The Morgan fingerprint density at radius 2 is 2.05 bits per heavy atom. The third-order valence-corrected chi connectivity index (χ3v) is 3.83. The maximum Gasteiger partial charge on any atom is 0.315 e. The van der Waals surface area contributed by atoms with Gasteiger partial charge >= 0.3 is 5.97 Å². The van der Waals surface area contributed by atoms with Crippen molar-refractivity contribution < 1.29 is 23.4 Å². The van der Waals surface area contributed by atoms with Crippen molar-refractivity contribution in [3.63, 3.8) is 0 Å². The van der Waals surface area contributed by atoms with Gasteiger partial charge in [-0.2, -0.15) is 0 Å². The molecule has 1 aromatic rings. The molecule has 1 aromatic carbocycles. The van der Waals surface area contributed by atoms with Gasteiger partial charge in [0.15, 0.2) is 0 Å². The Hall–Kier alpha value is -1.53. The third-order valence-electron chi connectivity index (χ3n) is 3.83. The number of hydrogen-bond donors (Lipinski definition) is 2. The van der Waals surface area contributed by atoms with Crippen molar-refractivity contribution in [2.24, 2.45) is 11.7 Å². The van der Waals surface area contributed by atoms with Crippen LogP contribution in [0.4, 0.5) is 8.78 Å². The zero-order valence-electron chi connectivity index (χ0n) is 10.9. The summed E-state index contributed by atoms with van der Waals surface area (Å²) >= 11 is 0. The highest BCUT2D eigenvalue weighted by Gasteiger charge is 2.42. The van der Waals surface area contributed by atoms with Crippen LogP contribution in [0.2, 0.25) is 0 Å². The second kappa shape index (κ2) is 5.85. The van der Waals surface area contributed by atoms with Gasteiger partial charge in [-0.15, -0.1) is 0 Å². The second-order valence-corrected chi connectivity index (χ2v) is 5.18. The molecule has 2 unspecified atom stereocenters. The first kappa shape index (κ1) is 14.9. The van der Waals surface area contributed by atoms with E-state index in [1.807, 2.05) is 0 Å². The van der Waals surface area contributed by atoms with Gasteiger partial charge in [0.2, 0.25) is 0 Å². The van der Waals surface area contributed by atoms with Crippen molar-refractivity contribution in [2.75, 3.05) is 19.8 Å². The first-order valence-corrected chi connectivity index (χ1v) is 6.46. The Morgan fingerprint density at radius 3 is 2.50 bits per heavy atom. The molecule has 0 amide bonds. The summed E-state index contributed by atoms with van der Waals surface area (Å²) in [6.45, 7) is 0.803. The SMILES string of the molecule is NCC(CC1CCOC1)(C(=O)O)c1cc(F)cc(F)c1. The third kappa shape index (κ3) is 2.81. The Labute approximate surface area is 115 Å². The molecule has 3 N–H and O–H groups in total. The molecular formula is C14H17F2NO3. The Morgan fingerprint density at radius 1 is 1.40 bits per heavy atom. The van der Waals surface area contributed by atoms with Crippen molar-refractivity contribution in [1.82, 2.24) is 0 Å². The highest BCUT2D eigenvalue weighted by atomic mass is 19.1. The van der Waals surface area contributed by atoms with Crippen LogP contribution in [0.25, 0.3) is 0 Å². The normalized spacial score (nSPS) is 21.6. The molecular weight excluding hydrogens is 268 g/mol. The number of carboxylic acid groups (broad SMARTS) is 1. The van der Waals surface area contributed by atoms with Crippen LogP contribution in [-0.4, -0.2) is 30.8 Å². The fraction of sp³-hybridized carbons (Fsp3) is 0.500. The quantitative estimate of drug-likeness (QED) is 0.863. The first-order chi connectivity index (χ1) is 9.48. The number of benzene rings is 1. The molecule has 2 atom stereocenters. The van der Waals surface area contributed by atoms with Gasteiger partial charge in [-0.25, -0.2) is 8.78 Å². The van der Waals surface area contributed by atoms with Crippen molar-refractivity contribution >= 4 is 5.97 Å². The lowest BCUT2D eigenvalue weighted by Crippen LogP contribution is -2.44. The van der Waals surface area contributed by atoms with Crippen molar-refractivity contribution in [1.29, 1.82) is 0 Å². The zero-order valence-corrected chi connectivity index (χ0v) is 10.9. The molecule has 1 saturated heterocycles. The number of halogens is 2. The van der Waals surface area contributed by atoms with E-state index in [2.05, 4.69) is 0 Å². The molecule has 1 aliphatic rings. The summed E-state index contributed by atoms with van der Waals surface area (Å²) in [6.07, 6.45) is 0.939. The van der Waals surface area contributed by atoms with Crippen molar-refractivity contribution in [3.8, 4) is 0 Å². The van der Waals surface area contributed by atoms with Gasteiger partial charge in [0.05, 0.1) is 0 Å². The van der Waals surface area contributed by atoms with Crippen LogP contribution in [0.1, 0.15) is 18.4 Å². The molecule has 0 spiro atoms. The van der Waals surface area contributed by atoms with Gasteiger partial charge in [0.1, 0.15) is 17.0 Å². The molecule has 0 aromatic heterocycles. The standard InChI is InChI=1S/C14H17F2NO3/c15-11-3-10(4-12(16)5-11)14(8-17,13(18)19)6-9-1-2-20-7-9/h3-5,9H,1-2,6-8,17H2,(H,18,19). The van der Waals surface area contributed by atoms with E-state index in [4.69, 9.17) is 10.5 Å². The molecule has 1 heterocycles. The van der Waals surface area contributed by atoms with E-state index in [-0.39, 0.29) is 24.4 Å². The van der Waals surface area contributed by atoms with Gasteiger partial charge in [0, 0.05) is 25.8 Å². The molecule has 2 rings (SSSR count). The minimum atomic E-state index is -1.48. The maximum atomic E-state index is 13.4. The van der Waals surface area contributed by atoms with E-state index in [1.165, 1.54) is 0 Å². The predicted octanol–water partition coefficient (Wildman–Crippen LogP) is 1.67. The summed E-state index contributed by atoms with van der Waals surface area (Å²) in [7, 11) is 0. The van der Waals surface area contributed by atoms with Gasteiger partial charge in [-0.3, -0.25) is 4.79 Å². The summed E-state index contributed by atoms with van der Waals surface area (Å²) < 4.78 is 32.0. The molecule has 0 bridgehead atoms. The maximum absolute atomic E-state index is 13.4. The number of nitrogens with two attached hydrogens (primary N) is 1. The van der Waals surface area contributed by atoms with E-state index in [9.17, 15) is 18.7 Å². The van der Waals surface area contributed by atoms with E-state index >= 15 is 0 Å². The molecule has 20 heavy (non-hydrogen) atoms. The van der Waals surface area contributed by atoms with E-state index in [0.717, 1.165) is 18.6 Å². The first-order valence-electron chi connectivity index (χ1n) is 6.46. The van der Waals surface area contributed by atoms with Crippen LogP contribution in [0, 0.1) is 17.6 Å². The molecule has 0 saturated carbocycles. The fourth-order valence-electron chi connectivity index (χ4n) is 2.68. The number of aliphatic carboxylic acids is 1. The van der Waals surface area contributed by atoms with Gasteiger partial charge < -0.3 is 15.6 Å². The monoisotopic (exact) mass is 285 g/mol. The molecule has 6 heteroatoms. The summed E-state index contributed by atoms with van der Waals surface area (Å²) in [4.78, 5) is 11.7. The lowest BCUT2D eigenvalue weighted by atomic mass is 9.73. The topological polar surface area (TPSA) is 72.5 Å². The predicted molar refractivity (Wildman–Crippen MR) is 68.3 cm³/mol. The molecule has 1 aliphatic heterocycles. The Kier molecular flexibility index (Phi) is 4.35. The number of carboxylic acids is 1. The smallest absolute Gasteiger partial charge is 0.315 e. The highest BCUT2D eigenvalue weighted by molar-refractivity contribution is 5.81. The summed E-state index contributed by atoms with van der Waals surface area (Å²) in [5.41, 5.74) is 4.23. The molecule has 1 fully saturated rings. The lowest BCUT2D eigenvalue weighted by Gasteiger charge is -2.30. The lowest BCUT2D eigenvalue weighted by molar-refractivity contribution is -0.144. The largest absolute Gasteiger partial charge is 0.481 e. The van der Waals surface area contributed by atoms with Crippen molar-refractivity contribution in [2.45, 2.75) is 18.3 Å². The minimum absolute atomic E-state index is 0.0287. The van der Waals surface area contributed by atoms with Crippen LogP contribution in [0.3, 0.4) is 0 Å². The average molecular weight is 285 g/mol. The molecule has 110 valence electrons. The van der Waals surface area contributed by atoms with Crippen LogP contribution >= 0.6 is 0 Å². The van der Waals surface area contributed by atoms with E-state index in [0.29, 0.717) is 19.3 Å².